The predicted octanol–water partition coefficient (Wildman–Crippen LogP) is 2.91. The minimum absolute atomic E-state index is 0.244. The summed E-state index contributed by atoms with van der Waals surface area (Å²) in [6.45, 7) is 4.83. The van der Waals surface area contributed by atoms with E-state index in [4.69, 9.17) is 9.47 Å². The first kappa shape index (κ1) is 17.0. The van der Waals surface area contributed by atoms with Crippen LogP contribution in [0, 0.1) is 13.8 Å². The lowest BCUT2D eigenvalue weighted by Gasteiger charge is -2.11. The van der Waals surface area contributed by atoms with Crippen molar-refractivity contribution in [2.45, 2.75) is 26.9 Å². The minimum atomic E-state index is -0.968. The number of aromatic nitrogens is 1. The van der Waals surface area contributed by atoms with Crippen LogP contribution >= 0.6 is 11.3 Å². The van der Waals surface area contributed by atoms with Crippen LogP contribution in [-0.2, 0) is 9.47 Å². The third-order valence-electron chi connectivity index (χ3n) is 3.48. The van der Waals surface area contributed by atoms with Crippen LogP contribution in [0.1, 0.15) is 49.4 Å². The Kier molecular flexibility index (Phi) is 5.00. The number of H-pyrrole nitrogens is 1. The second kappa shape index (κ2) is 6.78. The summed E-state index contributed by atoms with van der Waals surface area (Å²) in [5.74, 6) is -1.47. The van der Waals surface area contributed by atoms with E-state index >= 15 is 0 Å². The molecule has 2 heterocycles. The summed E-state index contributed by atoms with van der Waals surface area (Å²) in [6.07, 6.45) is -0.968. The summed E-state index contributed by atoms with van der Waals surface area (Å²) in [6, 6.07) is 1.63. The first-order valence-electron chi connectivity index (χ1n) is 6.91. The van der Waals surface area contributed by atoms with E-state index in [-0.39, 0.29) is 5.69 Å². The number of ketones is 1. The molecule has 122 valence electrons. The second-order valence-electron chi connectivity index (χ2n) is 5.04. The maximum Gasteiger partial charge on any atom is 0.339 e. The molecule has 2 rings (SSSR count). The monoisotopic (exact) mass is 335 g/mol. The second-order valence-corrected chi connectivity index (χ2v) is 5.82. The van der Waals surface area contributed by atoms with Crippen molar-refractivity contribution in [3.05, 3.63) is 44.9 Å². The number of nitrogens with one attached hydrogen (secondary N) is 1. The molecule has 0 amide bonds. The number of carbonyl (C=O) groups is 3. The molecule has 0 unspecified atom stereocenters. The fourth-order valence-electron chi connectivity index (χ4n) is 2.27. The lowest BCUT2D eigenvalue weighted by Crippen LogP contribution is -2.25. The fraction of sp³-hybridized carbons (Fsp3) is 0.312. The van der Waals surface area contributed by atoms with Crippen molar-refractivity contribution in [2.24, 2.45) is 0 Å². The van der Waals surface area contributed by atoms with Gasteiger partial charge in [-0.1, -0.05) is 0 Å². The fourth-order valence-corrected chi connectivity index (χ4v) is 2.90. The zero-order valence-corrected chi connectivity index (χ0v) is 14.1. The number of aromatic amines is 1. The first-order chi connectivity index (χ1) is 10.9. The number of hydrogen-bond donors (Lipinski definition) is 1. The molecule has 6 nitrogen and oxygen atoms in total. The van der Waals surface area contributed by atoms with Gasteiger partial charge in [-0.15, -0.1) is 0 Å². The molecular formula is C16H17NO5S. The van der Waals surface area contributed by atoms with E-state index in [1.165, 1.54) is 25.4 Å². The van der Waals surface area contributed by atoms with E-state index in [1.54, 1.807) is 30.7 Å². The normalized spacial score (nSPS) is 11.8. The number of esters is 2. The molecule has 1 atom stereocenters. The summed E-state index contributed by atoms with van der Waals surface area (Å²) >= 11 is 1.37. The van der Waals surface area contributed by atoms with Gasteiger partial charge in [-0.05, 0) is 37.8 Å². The Morgan fingerprint density at radius 3 is 2.48 bits per heavy atom. The molecule has 0 spiro atoms. The average Bonchev–Trinajstić information content (AvgIpc) is 3.14. The molecule has 2 aromatic heterocycles. The molecular weight excluding hydrogens is 318 g/mol. The van der Waals surface area contributed by atoms with E-state index < -0.39 is 23.8 Å². The van der Waals surface area contributed by atoms with Gasteiger partial charge in [-0.25, -0.2) is 9.59 Å². The van der Waals surface area contributed by atoms with E-state index in [0.29, 0.717) is 22.4 Å². The molecule has 0 aliphatic carbocycles. The summed E-state index contributed by atoms with van der Waals surface area (Å²) in [5, 5.41) is 3.41. The van der Waals surface area contributed by atoms with Crippen LogP contribution < -0.4 is 0 Å². The zero-order valence-electron chi connectivity index (χ0n) is 13.3. The number of rotatable bonds is 5. The lowest BCUT2D eigenvalue weighted by atomic mass is 10.1. The van der Waals surface area contributed by atoms with Crippen LogP contribution in [0.15, 0.2) is 16.8 Å². The topological polar surface area (TPSA) is 85.5 Å². The van der Waals surface area contributed by atoms with Gasteiger partial charge >= 0.3 is 11.9 Å². The number of carbonyl (C=O) groups excluding carboxylic acids is 3. The molecule has 0 radical (unpaired) electrons. The van der Waals surface area contributed by atoms with Crippen molar-refractivity contribution in [3.8, 4) is 0 Å². The van der Waals surface area contributed by atoms with Gasteiger partial charge in [0, 0.05) is 11.1 Å². The van der Waals surface area contributed by atoms with Crippen molar-refractivity contribution >= 4 is 29.1 Å². The maximum atomic E-state index is 12.5. The SMILES string of the molecule is COC(=O)c1c(C)[nH]c(C(=O)[C@@H](C)OC(=O)c2ccsc2)c1C. The van der Waals surface area contributed by atoms with Crippen LogP contribution in [0.2, 0.25) is 0 Å². The maximum absolute atomic E-state index is 12.5. The lowest BCUT2D eigenvalue weighted by molar-refractivity contribution is 0.0317. The van der Waals surface area contributed by atoms with Crippen LogP contribution in [-0.4, -0.2) is 35.9 Å². The number of ether oxygens (including phenoxy) is 2. The molecule has 0 aliphatic heterocycles. The molecule has 0 saturated carbocycles. The Morgan fingerprint density at radius 1 is 1.22 bits per heavy atom. The third-order valence-corrected chi connectivity index (χ3v) is 4.17. The molecule has 1 N–H and O–H groups in total. The van der Waals surface area contributed by atoms with E-state index in [2.05, 4.69) is 4.98 Å². The number of thiophene rings is 1. The van der Waals surface area contributed by atoms with Crippen LogP contribution in [0.5, 0.6) is 0 Å². The summed E-state index contributed by atoms with van der Waals surface area (Å²) < 4.78 is 9.89. The molecule has 0 bridgehead atoms. The Labute approximate surface area is 137 Å². The van der Waals surface area contributed by atoms with Gasteiger partial charge in [-0.2, -0.15) is 11.3 Å². The van der Waals surface area contributed by atoms with Crippen molar-refractivity contribution < 1.29 is 23.9 Å². The molecule has 7 heteroatoms. The summed E-state index contributed by atoms with van der Waals surface area (Å²) in [4.78, 5) is 39.0. The van der Waals surface area contributed by atoms with Gasteiger partial charge in [0.2, 0.25) is 5.78 Å². The third kappa shape index (κ3) is 3.34. The standard InChI is InChI=1S/C16H17NO5S/c1-8-12(16(20)21-4)9(2)17-13(8)14(18)10(3)22-15(19)11-5-6-23-7-11/h5-7,10,17H,1-4H3/t10-/m1/s1. The Balaban J connectivity index is 2.20. The summed E-state index contributed by atoms with van der Waals surface area (Å²) in [5.41, 5.74) is 2.00. The number of methoxy groups -OCH3 is 1. The Morgan fingerprint density at radius 2 is 1.91 bits per heavy atom. The van der Waals surface area contributed by atoms with Gasteiger partial charge in [0.25, 0.3) is 0 Å². The van der Waals surface area contributed by atoms with Crippen molar-refractivity contribution in [1.82, 2.24) is 4.98 Å². The molecule has 2 aromatic rings. The smallest absolute Gasteiger partial charge is 0.339 e. The molecule has 0 aromatic carbocycles. The zero-order chi connectivity index (χ0) is 17.1. The van der Waals surface area contributed by atoms with E-state index in [9.17, 15) is 14.4 Å². The van der Waals surface area contributed by atoms with Gasteiger partial charge in [0.1, 0.15) is 0 Å². The molecule has 23 heavy (non-hydrogen) atoms. The predicted molar refractivity (Wildman–Crippen MR) is 85.1 cm³/mol. The van der Waals surface area contributed by atoms with Gasteiger partial charge in [0.15, 0.2) is 6.10 Å². The van der Waals surface area contributed by atoms with E-state index in [1.807, 2.05) is 0 Å². The number of hydrogen-bond acceptors (Lipinski definition) is 6. The highest BCUT2D eigenvalue weighted by molar-refractivity contribution is 7.08. The average molecular weight is 335 g/mol. The largest absolute Gasteiger partial charge is 0.465 e. The van der Waals surface area contributed by atoms with Gasteiger partial charge < -0.3 is 14.5 Å². The van der Waals surface area contributed by atoms with Gasteiger partial charge in [-0.3, -0.25) is 4.79 Å². The van der Waals surface area contributed by atoms with Gasteiger partial charge in [0.05, 0.1) is 23.9 Å². The van der Waals surface area contributed by atoms with E-state index in [0.717, 1.165) is 0 Å². The van der Waals surface area contributed by atoms with Crippen LogP contribution in [0.25, 0.3) is 0 Å². The number of aryl methyl sites for hydroxylation is 1. The quantitative estimate of drug-likeness (QED) is 0.671. The van der Waals surface area contributed by atoms with Crippen LogP contribution in [0.4, 0.5) is 0 Å². The molecule has 0 aliphatic rings. The van der Waals surface area contributed by atoms with Crippen molar-refractivity contribution in [2.75, 3.05) is 7.11 Å². The molecule has 0 saturated heterocycles. The summed E-state index contributed by atoms with van der Waals surface area (Å²) in [7, 11) is 1.28. The van der Waals surface area contributed by atoms with Crippen LogP contribution in [0.3, 0.4) is 0 Å². The highest BCUT2D eigenvalue weighted by Gasteiger charge is 2.27. The highest BCUT2D eigenvalue weighted by atomic mass is 32.1. The molecule has 0 fully saturated rings. The number of Topliss-reactive ketones (excluding diaryl/α,β-unsaturated/α-hetero) is 1. The Hall–Kier alpha value is -2.41. The Bertz CT molecular complexity index is 745. The minimum Gasteiger partial charge on any atom is -0.465 e. The highest BCUT2D eigenvalue weighted by Crippen LogP contribution is 2.21. The van der Waals surface area contributed by atoms with Crippen molar-refractivity contribution in [3.63, 3.8) is 0 Å². The first-order valence-corrected chi connectivity index (χ1v) is 7.86. The van der Waals surface area contributed by atoms with Crippen molar-refractivity contribution in [1.29, 1.82) is 0 Å².